The summed E-state index contributed by atoms with van der Waals surface area (Å²) in [5.41, 5.74) is 0.783. The molecule has 2 N–H and O–H groups in total. The summed E-state index contributed by atoms with van der Waals surface area (Å²) in [6.07, 6.45) is 2.04. The van der Waals surface area contributed by atoms with Gasteiger partial charge in [0.05, 0.1) is 0 Å². The summed E-state index contributed by atoms with van der Waals surface area (Å²) in [6, 6.07) is 9.54. The Balaban J connectivity index is 1.81. The van der Waals surface area contributed by atoms with Gasteiger partial charge in [-0.3, -0.25) is 9.79 Å². The quantitative estimate of drug-likeness (QED) is 0.646. The first kappa shape index (κ1) is 17.3. The summed E-state index contributed by atoms with van der Waals surface area (Å²) in [4.78, 5) is 19.0. The van der Waals surface area contributed by atoms with Gasteiger partial charge < -0.3 is 15.5 Å². The molecule has 0 spiro atoms. The molecule has 1 heterocycles. The van der Waals surface area contributed by atoms with E-state index < -0.39 is 0 Å². The summed E-state index contributed by atoms with van der Waals surface area (Å²) in [5.74, 6) is 1.59. The van der Waals surface area contributed by atoms with Crippen molar-refractivity contribution in [1.82, 2.24) is 15.5 Å². The molecular weight excluding hydrogens is 288 g/mol. The average molecular weight is 316 g/mol. The van der Waals surface area contributed by atoms with Gasteiger partial charge in [-0.1, -0.05) is 18.2 Å². The minimum absolute atomic E-state index is 0.147. The minimum atomic E-state index is 0.147. The Labute approximate surface area is 139 Å². The van der Waals surface area contributed by atoms with Crippen molar-refractivity contribution in [2.24, 2.45) is 10.9 Å². The van der Waals surface area contributed by atoms with E-state index in [1.807, 2.05) is 35.2 Å². The molecule has 0 unspecified atom stereocenters. The zero-order chi connectivity index (χ0) is 16.5. The maximum Gasteiger partial charge on any atom is 0.253 e. The van der Waals surface area contributed by atoms with E-state index in [0.29, 0.717) is 5.92 Å². The normalized spacial score (nSPS) is 15.1. The van der Waals surface area contributed by atoms with Crippen molar-refractivity contribution in [3.8, 4) is 0 Å². The fraction of sp³-hybridized carbons (Fsp3) is 0.556. The van der Waals surface area contributed by atoms with Gasteiger partial charge in [-0.15, -0.1) is 0 Å². The molecule has 1 amide bonds. The van der Waals surface area contributed by atoms with Crippen LogP contribution in [0.1, 0.15) is 37.0 Å². The molecule has 0 aliphatic carbocycles. The molecule has 1 fully saturated rings. The van der Waals surface area contributed by atoms with E-state index >= 15 is 0 Å². The third-order valence-corrected chi connectivity index (χ3v) is 4.12. The highest BCUT2D eigenvalue weighted by Crippen LogP contribution is 2.19. The molecule has 5 nitrogen and oxygen atoms in total. The number of nitrogens with zero attached hydrogens (tertiary/aromatic N) is 2. The Morgan fingerprint density at radius 3 is 2.30 bits per heavy atom. The molecule has 0 aromatic heterocycles. The van der Waals surface area contributed by atoms with Crippen molar-refractivity contribution in [1.29, 1.82) is 0 Å². The first-order chi connectivity index (χ1) is 11.2. The van der Waals surface area contributed by atoms with Crippen LogP contribution in [0.4, 0.5) is 0 Å². The molecular formula is C18H28N4O. The monoisotopic (exact) mass is 316 g/mol. The van der Waals surface area contributed by atoms with E-state index in [9.17, 15) is 4.79 Å². The molecule has 126 valence electrons. The fourth-order valence-corrected chi connectivity index (χ4v) is 2.81. The molecule has 1 aromatic rings. The van der Waals surface area contributed by atoms with Gasteiger partial charge in [-0.05, 0) is 44.7 Å². The summed E-state index contributed by atoms with van der Waals surface area (Å²) in [5, 5.41) is 6.49. The lowest BCUT2D eigenvalue weighted by atomic mass is 9.96. The van der Waals surface area contributed by atoms with Gasteiger partial charge in [0.25, 0.3) is 5.91 Å². The van der Waals surface area contributed by atoms with E-state index in [2.05, 4.69) is 29.5 Å². The first-order valence-electron chi connectivity index (χ1n) is 8.61. The number of hydrogen-bond donors (Lipinski definition) is 2. The molecule has 0 atom stereocenters. The topological polar surface area (TPSA) is 56.7 Å². The lowest BCUT2D eigenvalue weighted by Crippen LogP contribution is -2.40. The number of rotatable bonds is 5. The molecule has 23 heavy (non-hydrogen) atoms. The second kappa shape index (κ2) is 9.18. The summed E-state index contributed by atoms with van der Waals surface area (Å²) >= 11 is 0. The van der Waals surface area contributed by atoms with Crippen LogP contribution < -0.4 is 10.6 Å². The van der Waals surface area contributed by atoms with Crippen molar-refractivity contribution in [2.75, 3.05) is 32.7 Å². The van der Waals surface area contributed by atoms with Gasteiger partial charge in [-0.2, -0.15) is 0 Å². The highest BCUT2D eigenvalue weighted by atomic mass is 16.2. The molecule has 0 saturated carbocycles. The van der Waals surface area contributed by atoms with Crippen molar-refractivity contribution in [2.45, 2.75) is 26.7 Å². The Bertz CT molecular complexity index is 499. The van der Waals surface area contributed by atoms with E-state index in [1.165, 1.54) is 0 Å². The molecule has 5 heteroatoms. The molecule has 0 bridgehead atoms. The summed E-state index contributed by atoms with van der Waals surface area (Å²) in [6.45, 7) is 8.35. The molecule has 1 aliphatic rings. The van der Waals surface area contributed by atoms with Gasteiger partial charge in [0, 0.05) is 38.3 Å². The number of amides is 1. The van der Waals surface area contributed by atoms with Gasteiger partial charge in [0.2, 0.25) is 0 Å². The fourth-order valence-electron chi connectivity index (χ4n) is 2.81. The Hall–Kier alpha value is -2.04. The maximum atomic E-state index is 12.4. The van der Waals surface area contributed by atoms with Gasteiger partial charge in [0.15, 0.2) is 5.96 Å². The van der Waals surface area contributed by atoms with Crippen molar-refractivity contribution < 1.29 is 4.79 Å². The smallest absolute Gasteiger partial charge is 0.253 e. The predicted octanol–water partition coefficient (Wildman–Crippen LogP) is 2.11. The first-order valence-corrected chi connectivity index (χ1v) is 8.61. The van der Waals surface area contributed by atoms with Crippen molar-refractivity contribution in [3.05, 3.63) is 35.9 Å². The Morgan fingerprint density at radius 2 is 1.74 bits per heavy atom. The van der Waals surface area contributed by atoms with Crippen LogP contribution >= 0.6 is 0 Å². The van der Waals surface area contributed by atoms with Crippen molar-refractivity contribution in [3.63, 3.8) is 0 Å². The number of likely N-dealkylation sites (tertiary alicyclic amines) is 1. The van der Waals surface area contributed by atoms with Gasteiger partial charge >= 0.3 is 0 Å². The molecule has 1 saturated heterocycles. The molecule has 0 radical (unpaired) electrons. The van der Waals surface area contributed by atoms with Crippen LogP contribution in [0.5, 0.6) is 0 Å². The number of nitrogens with one attached hydrogen (secondary N) is 2. The van der Waals surface area contributed by atoms with E-state index in [0.717, 1.165) is 57.1 Å². The second-order valence-corrected chi connectivity index (χ2v) is 5.85. The number of carbonyl (C=O) groups is 1. The maximum absolute atomic E-state index is 12.4. The molecule has 1 aromatic carbocycles. The largest absolute Gasteiger partial charge is 0.357 e. The minimum Gasteiger partial charge on any atom is -0.357 e. The predicted molar refractivity (Wildman–Crippen MR) is 94.7 cm³/mol. The molecule has 2 rings (SSSR count). The van der Waals surface area contributed by atoms with Crippen LogP contribution in [0.25, 0.3) is 0 Å². The summed E-state index contributed by atoms with van der Waals surface area (Å²) in [7, 11) is 0. The van der Waals surface area contributed by atoms with E-state index in [4.69, 9.17) is 0 Å². The van der Waals surface area contributed by atoms with Gasteiger partial charge in [-0.25, -0.2) is 0 Å². The Morgan fingerprint density at radius 1 is 1.13 bits per heavy atom. The zero-order valence-corrected chi connectivity index (χ0v) is 14.2. The lowest BCUT2D eigenvalue weighted by Gasteiger charge is -2.31. The average Bonchev–Trinajstić information content (AvgIpc) is 2.61. The van der Waals surface area contributed by atoms with E-state index in [-0.39, 0.29) is 5.91 Å². The number of piperidine rings is 1. The molecule has 1 aliphatic heterocycles. The van der Waals surface area contributed by atoms with Crippen LogP contribution in [0.3, 0.4) is 0 Å². The van der Waals surface area contributed by atoms with Crippen molar-refractivity contribution >= 4 is 11.9 Å². The summed E-state index contributed by atoms with van der Waals surface area (Å²) < 4.78 is 0. The highest BCUT2D eigenvalue weighted by molar-refractivity contribution is 5.94. The van der Waals surface area contributed by atoms with Crippen LogP contribution in [-0.4, -0.2) is 49.5 Å². The highest BCUT2D eigenvalue weighted by Gasteiger charge is 2.23. The number of benzene rings is 1. The van der Waals surface area contributed by atoms with Crippen LogP contribution in [0.15, 0.2) is 35.3 Å². The standard InChI is InChI=1S/C18H28N4O/c1-3-19-18(20-4-2)21-14-15-10-12-22(13-11-15)17(23)16-8-6-5-7-9-16/h5-9,15H,3-4,10-14H2,1-2H3,(H2,19,20,21). The third-order valence-electron chi connectivity index (χ3n) is 4.12. The lowest BCUT2D eigenvalue weighted by molar-refractivity contribution is 0.0693. The van der Waals surface area contributed by atoms with E-state index in [1.54, 1.807) is 0 Å². The zero-order valence-electron chi connectivity index (χ0n) is 14.2. The number of hydrogen-bond acceptors (Lipinski definition) is 2. The Kier molecular flexibility index (Phi) is 6.91. The van der Waals surface area contributed by atoms with Gasteiger partial charge in [0.1, 0.15) is 0 Å². The van der Waals surface area contributed by atoms with Crippen LogP contribution in [-0.2, 0) is 0 Å². The SMILES string of the molecule is CCNC(=NCC1CCN(C(=O)c2ccccc2)CC1)NCC. The van der Waals surface area contributed by atoms with Crippen LogP contribution in [0.2, 0.25) is 0 Å². The number of carbonyl (C=O) groups excluding carboxylic acids is 1. The second-order valence-electron chi connectivity index (χ2n) is 5.85. The number of aliphatic imine (C=N–C) groups is 1. The van der Waals surface area contributed by atoms with Crippen LogP contribution in [0, 0.1) is 5.92 Å². The number of guanidine groups is 1. The third kappa shape index (κ3) is 5.27.